The second-order valence-electron chi connectivity index (χ2n) is 5.12. The fraction of sp³-hybridized carbons (Fsp3) is 0.462. The van der Waals surface area contributed by atoms with Crippen molar-refractivity contribution in [3.63, 3.8) is 0 Å². The van der Waals surface area contributed by atoms with Crippen LogP contribution in [0.2, 0.25) is 0 Å². The Balaban J connectivity index is 2.53. The Morgan fingerprint density at radius 1 is 1.45 bits per heavy atom. The Morgan fingerprint density at radius 3 is 2.65 bits per heavy atom. The van der Waals surface area contributed by atoms with E-state index in [9.17, 15) is 14.9 Å². The zero-order chi connectivity index (χ0) is 15.3. The van der Waals surface area contributed by atoms with Gasteiger partial charge in [0.2, 0.25) is 0 Å². The highest BCUT2D eigenvalue weighted by molar-refractivity contribution is 9.10. The lowest BCUT2D eigenvalue weighted by molar-refractivity contribution is -0.385. The average Bonchev–Trinajstić information content (AvgIpc) is 2.28. The molecular weight excluding hydrogens is 346 g/mol. The Morgan fingerprint density at radius 2 is 2.10 bits per heavy atom. The molecule has 0 saturated heterocycles. The molecular formula is C13H16BrNO4S. The van der Waals surface area contributed by atoms with E-state index in [1.807, 2.05) is 20.8 Å². The van der Waals surface area contributed by atoms with Gasteiger partial charge in [-0.2, -0.15) is 0 Å². The molecule has 110 valence electrons. The van der Waals surface area contributed by atoms with Crippen molar-refractivity contribution >= 4 is 39.3 Å². The zero-order valence-corrected chi connectivity index (χ0v) is 13.9. The van der Waals surface area contributed by atoms with E-state index in [2.05, 4.69) is 15.9 Å². The maximum Gasteiger partial charge on any atom is 0.316 e. The van der Waals surface area contributed by atoms with Gasteiger partial charge in [-0.1, -0.05) is 6.07 Å². The molecule has 0 aliphatic carbocycles. The monoisotopic (exact) mass is 361 g/mol. The topological polar surface area (TPSA) is 69.4 Å². The lowest BCUT2D eigenvalue weighted by Crippen LogP contribution is -2.24. The number of hydrogen-bond acceptors (Lipinski definition) is 5. The number of nitro benzene ring substituents is 1. The minimum atomic E-state index is -0.492. The molecule has 0 aliphatic heterocycles. The number of rotatable bonds is 5. The molecule has 0 heterocycles. The number of thioether (sulfide) groups is 1. The van der Waals surface area contributed by atoms with Gasteiger partial charge in [-0.15, -0.1) is 11.8 Å². The van der Waals surface area contributed by atoms with E-state index in [0.717, 1.165) is 5.56 Å². The van der Waals surface area contributed by atoms with Crippen LogP contribution < -0.4 is 0 Å². The molecule has 1 aromatic carbocycles. The highest BCUT2D eigenvalue weighted by Gasteiger charge is 2.16. The van der Waals surface area contributed by atoms with Crippen LogP contribution in [0.15, 0.2) is 22.7 Å². The van der Waals surface area contributed by atoms with Crippen LogP contribution in [0.4, 0.5) is 5.69 Å². The number of hydrogen-bond donors (Lipinski definition) is 0. The van der Waals surface area contributed by atoms with Crippen LogP contribution in [0, 0.1) is 10.1 Å². The van der Waals surface area contributed by atoms with Crippen molar-refractivity contribution in [3.8, 4) is 0 Å². The third-order valence-electron chi connectivity index (χ3n) is 2.12. The third-order valence-corrected chi connectivity index (χ3v) is 3.76. The van der Waals surface area contributed by atoms with Crippen molar-refractivity contribution in [2.45, 2.75) is 32.1 Å². The van der Waals surface area contributed by atoms with Crippen LogP contribution in [-0.2, 0) is 15.3 Å². The van der Waals surface area contributed by atoms with Crippen LogP contribution in [0.1, 0.15) is 26.3 Å². The van der Waals surface area contributed by atoms with Crippen molar-refractivity contribution in [2.24, 2.45) is 0 Å². The fourth-order valence-electron chi connectivity index (χ4n) is 1.41. The predicted octanol–water partition coefficient (Wildman–Crippen LogP) is 3.93. The number of carbonyl (C=O) groups is 1. The Hall–Kier alpha value is -1.08. The molecule has 0 bridgehead atoms. The summed E-state index contributed by atoms with van der Waals surface area (Å²) >= 11 is 4.50. The smallest absolute Gasteiger partial charge is 0.316 e. The van der Waals surface area contributed by atoms with Gasteiger partial charge < -0.3 is 4.74 Å². The normalized spacial score (nSPS) is 11.2. The lowest BCUT2D eigenvalue weighted by atomic mass is 10.2. The number of nitrogens with zero attached hydrogens (tertiary/aromatic N) is 1. The molecule has 1 rings (SSSR count). The molecule has 0 atom stereocenters. The van der Waals surface area contributed by atoms with Gasteiger partial charge in [0.15, 0.2) is 0 Å². The molecule has 20 heavy (non-hydrogen) atoms. The minimum Gasteiger partial charge on any atom is -0.459 e. The first-order chi connectivity index (χ1) is 9.19. The van der Waals surface area contributed by atoms with Crippen LogP contribution in [0.3, 0.4) is 0 Å². The first-order valence-electron chi connectivity index (χ1n) is 5.91. The second kappa shape index (κ2) is 7.08. The van der Waals surface area contributed by atoms with E-state index in [0.29, 0.717) is 10.2 Å². The summed E-state index contributed by atoms with van der Waals surface area (Å²) in [5.74, 6) is 0.461. The number of esters is 1. The predicted molar refractivity (Wildman–Crippen MR) is 82.8 cm³/mol. The average molecular weight is 362 g/mol. The third kappa shape index (κ3) is 5.92. The van der Waals surface area contributed by atoms with Gasteiger partial charge in [0.05, 0.1) is 15.1 Å². The summed E-state index contributed by atoms with van der Waals surface area (Å²) in [5, 5.41) is 10.8. The van der Waals surface area contributed by atoms with Crippen LogP contribution in [-0.4, -0.2) is 22.2 Å². The first kappa shape index (κ1) is 17.0. The molecule has 0 radical (unpaired) electrons. The van der Waals surface area contributed by atoms with Crippen molar-refractivity contribution < 1.29 is 14.5 Å². The molecule has 0 spiro atoms. The SMILES string of the molecule is CC(C)(C)OC(=O)CSCc1ccc(Br)c([N+](=O)[O-])c1. The summed E-state index contributed by atoms with van der Waals surface area (Å²) in [5.41, 5.74) is 0.336. The molecule has 0 amide bonds. The summed E-state index contributed by atoms with van der Waals surface area (Å²) in [6.45, 7) is 5.44. The Kier molecular flexibility index (Phi) is 6.01. The van der Waals surface area contributed by atoms with Gasteiger partial charge in [0.1, 0.15) is 5.60 Å². The van der Waals surface area contributed by atoms with Crippen molar-refractivity contribution in [2.75, 3.05) is 5.75 Å². The zero-order valence-electron chi connectivity index (χ0n) is 11.5. The van der Waals surface area contributed by atoms with Gasteiger partial charge in [0, 0.05) is 11.8 Å². The van der Waals surface area contributed by atoms with Gasteiger partial charge in [-0.3, -0.25) is 14.9 Å². The van der Waals surface area contributed by atoms with Crippen molar-refractivity contribution in [1.29, 1.82) is 0 Å². The van der Waals surface area contributed by atoms with Gasteiger partial charge in [0.25, 0.3) is 5.69 Å². The fourth-order valence-corrected chi connectivity index (χ4v) is 2.55. The number of carbonyl (C=O) groups excluding carboxylic acids is 1. The highest BCUT2D eigenvalue weighted by Crippen LogP contribution is 2.27. The van der Waals surface area contributed by atoms with Crippen LogP contribution in [0.5, 0.6) is 0 Å². The summed E-state index contributed by atoms with van der Waals surface area (Å²) in [7, 11) is 0. The molecule has 0 saturated carbocycles. The molecule has 0 aliphatic rings. The second-order valence-corrected chi connectivity index (χ2v) is 6.96. The van der Waals surface area contributed by atoms with Gasteiger partial charge >= 0.3 is 5.97 Å². The molecule has 0 aromatic heterocycles. The van der Waals surface area contributed by atoms with E-state index >= 15 is 0 Å². The summed E-state index contributed by atoms with van der Waals surface area (Å²) in [6, 6.07) is 4.94. The molecule has 5 nitrogen and oxygen atoms in total. The summed E-state index contributed by atoms with van der Waals surface area (Å²) in [6.07, 6.45) is 0. The molecule has 1 aromatic rings. The quantitative estimate of drug-likeness (QED) is 0.451. The van der Waals surface area contributed by atoms with E-state index < -0.39 is 10.5 Å². The molecule has 7 heteroatoms. The number of ether oxygens (including phenoxy) is 1. The standard InChI is InChI=1S/C13H16BrNO4S/c1-13(2,3)19-12(16)8-20-7-9-4-5-10(14)11(6-9)15(17)18/h4-6H,7-8H2,1-3H3. The lowest BCUT2D eigenvalue weighted by Gasteiger charge is -2.19. The molecule has 0 N–H and O–H groups in total. The van der Waals surface area contributed by atoms with E-state index in [1.54, 1.807) is 12.1 Å². The maximum absolute atomic E-state index is 11.5. The van der Waals surface area contributed by atoms with E-state index in [1.165, 1.54) is 17.8 Å². The first-order valence-corrected chi connectivity index (χ1v) is 7.86. The summed E-state index contributed by atoms with van der Waals surface area (Å²) in [4.78, 5) is 21.9. The van der Waals surface area contributed by atoms with Crippen LogP contribution in [0.25, 0.3) is 0 Å². The molecule has 0 unspecified atom stereocenters. The highest BCUT2D eigenvalue weighted by atomic mass is 79.9. The van der Waals surface area contributed by atoms with E-state index in [4.69, 9.17) is 4.74 Å². The van der Waals surface area contributed by atoms with E-state index in [-0.39, 0.29) is 17.4 Å². The van der Waals surface area contributed by atoms with Crippen molar-refractivity contribution in [3.05, 3.63) is 38.3 Å². The minimum absolute atomic E-state index is 0.0281. The maximum atomic E-state index is 11.5. The van der Waals surface area contributed by atoms with Gasteiger partial charge in [-0.25, -0.2) is 0 Å². The van der Waals surface area contributed by atoms with Crippen molar-refractivity contribution in [1.82, 2.24) is 0 Å². The Bertz CT molecular complexity index is 514. The van der Waals surface area contributed by atoms with Gasteiger partial charge in [-0.05, 0) is 48.3 Å². The largest absolute Gasteiger partial charge is 0.459 e. The van der Waals surface area contributed by atoms with Crippen LogP contribution >= 0.6 is 27.7 Å². The number of halogens is 1. The molecule has 0 fully saturated rings. The summed E-state index contributed by atoms with van der Waals surface area (Å²) < 4.78 is 5.63. The Labute approximate surface area is 130 Å². The number of benzene rings is 1. The number of nitro groups is 1.